The maximum absolute atomic E-state index is 12.9. The average molecular weight is 414 g/mol. The van der Waals surface area contributed by atoms with Crippen LogP contribution >= 0.6 is 27.5 Å². The van der Waals surface area contributed by atoms with Crippen LogP contribution in [-0.4, -0.2) is 16.0 Å². The van der Waals surface area contributed by atoms with Gasteiger partial charge in [-0.25, -0.2) is 9.37 Å². The number of nitrogens with one attached hydrogen (secondary N) is 1. The Bertz CT molecular complexity index is 867. The van der Waals surface area contributed by atoms with Crippen LogP contribution in [0.3, 0.4) is 0 Å². The maximum atomic E-state index is 12.9. The number of rotatable bonds is 5. The summed E-state index contributed by atoms with van der Waals surface area (Å²) in [5.74, 6) is 0.348. The largest absolute Gasteiger partial charge is 0.456 e. The third-order valence-electron chi connectivity index (χ3n) is 3.38. The van der Waals surface area contributed by atoms with Crippen molar-refractivity contribution in [2.45, 2.75) is 25.9 Å². The fourth-order valence-corrected chi connectivity index (χ4v) is 3.01. The van der Waals surface area contributed by atoms with Crippen LogP contribution in [0.4, 0.5) is 10.1 Å². The number of hydrogen-bond donors (Lipinski definition) is 2. The number of nitrogens with zero attached hydrogens (tertiary/aromatic N) is 2. The summed E-state index contributed by atoms with van der Waals surface area (Å²) in [6.07, 6.45) is 1.75. The molecule has 0 aliphatic carbocycles. The predicted octanol–water partition coefficient (Wildman–Crippen LogP) is 4.28. The van der Waals surface area contributed by atoms with E-state index in [0.29, 0.717) is 40.6 Å². The van der Waals surface area contributed by atoms with E-state index in [1.807, 2.05) is 6.92 Å². The van der Waals surface area contributed by atoms with Crippen LogP contribution in [0.1, 0.15) is 18.4 Å². The molecule has 3 heterocycles. The lowest BCUT2D eigenvalue weighted by Gasteiger charge is -2.07. The Labute approximate surface area is 151 Å². The molecule has 0 unspecified atom stereocenters. The summed E-state index contributed by atoms with van der Waals surface area (Å²) in [6, 6.07) is 4.61. The Balaban J connectivity index is 1.93. The molecule has 0 saturated carbocycles. The highest BCUT2D eigenvalue weighted by Crippen LogP contribution is 2.36. The van der Waals surface area contributed by atoms with Gasteiger partial charge in [0.25, 0.3) is 0 Å². The van der Waals surface area contributed by atoms with Crippen molar-refractivity contribution < 1.29 is 8.81 Å². The summed E-state index contributed by atoms with van der Waals surface area (Å²) in [5.41, 5.74) is 8.45. The molecule has 5 nitrogen and oxygen atoms in total. The fraction of sp³-hybridized carbons (Fsp3) is 0.250. The second-order valence-electron chi connectivity index (χ2n) is 5.51. The van der Waals surface area contributed by atoms with E-state index in [0.717, 1.165) is 10.2 Å². The molecule has 0 bridgehead atoms. The molecule has 3 aromatic rings. The molecule has 126 valence electrons. The zero-order valence-electron chi connectivity index (χ0n) is 12.8. The van der Waals surface area contributed by atoms with Gasteiger partial charge >= 0.3 is 0 Å². The van der Waals surface area contributed by atoms with Crippen LogP contribution in [-0.2, 0) is 13.0 Å². The number of nitrogens with two attached hydrogens (primary N) is 1. The highest BCUT2D eigenvalue weighted by Gasteiger charge is 2.18. The number of pyridine rings is 2. The van der Waals surface area contributed by atoms with Crippen molar-refractivity contribution in [2.75, 3.05) is 5.32 Å². The normalized spacial score (nSPS) is 12.5. The monoisotopic (exact) mass is 412 g/mol. The van der Waals surface area contributed by atoms with E-state index in [1.165, 1.54) is 12.3 Å². The molecule has 0 aromatic carbocycles. The van der Waals surface area contributed by atoms with Gasteiger partial charge in [0.15, 0.2) is 5.58 Å². The molecule has 0 radical (unpaired) electrons. The van der Waals surface area contributed by atoms with Crippen molar-refractivity contribution in [1.82, 2.24) is 9.97 Å². The number of fused-ring (bicyclic) bond motifs is 1. The SMILES string of the molecule is C[C@H](N)Cc1oc2c(NCc3ccc(F)cn3)cc(Cl)nc2c1Br. The van der Waals surface area contributed by atoms with Crippen molar-refractivity contribution in [1.29, 1.82) is 0 Å². The molecule has 0 spiro atoms. The minimum atomic E-state index is -0.372. The Kier molecular flexibility index (Phi) is 5.03. The van der Waals surface area contributed by atoms with E-state index >= 15 is 0 Å². The highest BCUT2D eigenvalue weighted by molar-refractivity contribution is 9.10. The quantitative estimate of drug-likeness (QED) is 0.611. The summed E-state index contributed by atoms with van der Waals surface area (Å²) < 4.78 is 19.6. The number of halogens is 3. The third-order valence-corrected chi connectivity index (χ3v) is 4.39. The first-order valence-corrected chi connectivity index (χ1v) is 8.48. The van der Waals surface area contributed by atoms with Gasteiger partial charge in [-0.3, -0.25) is 4.98 Å². The Morgan fingerprint density at radius 1 is 1.46 bits per heavy atom. The van der Waals surface area contributed by atoms with E-state index in [-0.39, 0.29) is 11.9 Å². The van der Waals surface area contributed by atoms with Crippen LogP contribution in [0.15, 0.2) is 33.3 Å². The molecule has 3 N–H and O–H groups in total. The Morgan fingerprint density at radius 3 is 2.92 bits per heavy atom. The molecule has 0 fully saturated rings. The first-order valence-electron chi connectivity index (χ1n) is 7.31. The van der Waals surface area contributed by atoms with Crippen LogP contribution in [0.5, 0.6) is 0 Å². The standard InChI is InChI=1S/C16H15BrClFN4O/c1-8(20)4-12-14(17)15-16(24-12)11(5-13(18)23-15)22-7-10-3-2-9(19)6-21-10/h2-3,5-6,8H,4,7,20H2,1H3,(H,22,23)/t8-/m0/s1. The van der Waals surface area contributed by atoms with Crippen molar-refractivity contribution >= 4 is 44.3 Å². The van der Waals surface area contributed by atoms with Crippen LogP contribution in [0.2, 0.25) is 5.15 Å². The highest BCUT2D eigenvalue weighted by atomic mass is 79.9. The molecule has 24 heavy (non-hydrogen) atoms. The Morgan fingerprint density at radius 2 is 2.25 bits per heavy atom. The summed E-state index contributed by atoms with van der Waals surface area (Å²) >= 11 is 9.61. The zero-order chi connectivity index (χ0) is 17.3. The lowest BCUT2D eigenvalue weighted by molar-refractivity contribution is 0.523. The summed E-state index contributed by atoms with van der Waals surface area (Å²) in [4.78, 5) is 8.32. The van der Waals surface area contributed by atoms with Gasteiger partial charge in [-0.2, -0.15) is 0 Å². The number of anilines is 1. The van der Waals surface area contributed by atoms with Crippen LogP contribution < -0.4 is 11.1 Å². The molecule has 3 aromatic heterocycles. The Hall–Kier alpha value is -1.70. The summed E-state index contributed by atoms with van der Waals surface area (Å²) in [6.45, 7) is 2.30. The molecule has 0 aliphatic heterocycles. The lowest BCUT2D eigenvalue weighted by Crippen LogP contribution is -2.17. The minimum Gasteiger partial charge on any atom is -0.456 e. The molecular formula is C16H15BrClFN4O. The van der Waals surface area contributed by atoms with Gasteiger partial charge in [0.05, 0.1) is 28.6 Å². The summed E-state index contributed by atoms with van der Waals surface area (Å²) in [7, 11) is 0. The molecule has 8 heteroatoms. The topological polar surface area (TPSA) is 77.0 Å². The zero-order valence-corrected chi connectivity index (χ0v) is 15.2. The molecule has 3 rings (SSSR count). The third kappa shape index (κ3) is 3.68. The van der Waals surface area contributed by atoms with E-state index in [4.69, 9.17) is 21.8 Å². The fourth-order valence-electron chi connectivity index (χ4n) is 2.31. The lowest BCUT2D eigenvalue weighted by atomic mass is 10.2. The summed E-state index contributed by atoms with van der Waals surface area (Å²) in [5, 5.41) is 3.54. The average Bonchev–Trinajstić information content (AvgIpc) is 2.83. The van der Waals surface area contributed by atoms with Crippen molar-refractivity contribution in [3.05, 3.63) is 51.3 Å². The van der Waals surface area contributed by atoms with E-state index in [2.05, 4.69) is 31.2 Å². The molecule has 1 atom stereocenters. The van der Waals surface area contributed by atoms with Gasteiger partial charge < -0.3 is 15.5 Å². The van der Waals surface area contributed by atoms with Gasteiger partial charge in [-0.05, 0) is 35.0 Å². The van der Waals surface area contributed by atoms with Crippen molar-refractivity contribution in [3.63, 3.8) is 0 Å². The second-order valence-corrected chi connectivity index (χ2v) is 6.69. The molecule has 0 aliphatic rings. The van der Waals surface area contributed by atoms with Crippen LogP contribution in [0, 0.1) is 5.82 Å². The van der Waals surface area contributed by atoms with E-state index in [9.17, 15) is 4.39 Å². The second kappa shape index (κ2) is 7.04. The van der Waals surface area contributed by atoms with E-state index < -0.39 is 0 Å². The smallest absolute Gasteiger partial charge is 0.177 e. The van der Waals surface area contributed by atoms with E-state index in [1.54, 1.807) is 12.1 Å². The number of hydrogen-bond acceptors (Lipinski definition) is 5. The number of furan rings is 1. The van der Waals surface area contributed by atoms with Gasteiger partial charge in [0.2, 0.25) is 0 Å². The van der Waals surface area contributed by atoms with Gasteiger partial charge in [0, 0.05) is 18.5 Å². The maximum Gasteiger partial charge on any atom is 0.177 e. The van der Waals surface area contributed by atoms with Gasteiger partial charge in [-0.15, -0.1) is 0 Å². The van der Waals surface area contributed by atoms with Crippen LogP contribution in [0.25, 0.3) is 11.1 Å². The predicted molar refractivity (Wildman–Crippen MR) is 95.6 cm³/mol. The van der Waals surface area contributed by atoms with Gasteiger partial charge in [-0.1, -0.05) is 11.6 Å². The first kappa shape index (κ1) is 17.1. The molecular weight excluding hydrogens is 399 g/mol. The van der Waals surface area contributed by atoms with Crippen molar-refractivity contribution in [3.8, 4) is 0 Å². The molecule has 0 saturated heterocycles. The van der Waals surface area contributed by atoms with Gasteiger partial charge in [0.1, 0.15) is 22.2 Å². The first-order chi connectivity index (χ1) is 11.4. The number of aromatic nitrogens is 2. The van der Waals surface area contributed by atoms with Crippen molar-refractivity contribution in [2.24, 2.45) is 5.73 Å². The minimum absolute atomic E-state index is 0.0443. The molecule has 0 amide bonds.